The Morgan fingerprint density at radius 3 is 2.95 bits per heavy atom. The predicted molar refractivity (Wildman–Crippen MR) is 73.6 cm³/mol. The smallest absolute Gasteiger partial charge is 0.303 e. The Bertz CT molecular complexity index is 500. The number of carboxylic acid groups (broad SMARTS) is 1. The second-order valence-electron chi connectivity index (χ2n) is 5.12. The van der Waals surface area contributed by atoms with Crippen LogP contribution in [0.2, 0.25) is 0 Å². The van der Waals surface area contributed by atoms with Crippen molar-refractivity contribution in [1.29, 1.82) is 0 Å². The van der Waals surface area contributed by atoms with Gasteiger partial charge in [0.15, 0.2) is 0 Å². The molecule has 1 aromatic rings. The lowest BCUT2D eigenvalue weighted by atomic mass is 10.1. The third-order valence-electron chi connectivity index (χ3n) is 3.59. The van der Waals surface area contributed by atoms with Gasteiger partial charge in [-0.1, -0.05) is 12.1 Å². The van der Waals surface area contributed by atoms with E-state index in [0.29, 0.717) is 19.5 Å². The Labute approximate surface area is 118 Å². The number of rotatable bonds is 5. The fourth-order valence-electron chi connectivity index (χ4n) is 2.54. The lowest BCUT2D eigenvalue weighted by Gasteiger charge is -2.16. The van der Waals surface area contributed by atoms with Crippen molar-refractivity contribution < 1.29 is 19.4 Å². The summed E-state index contributed by atoms with van der Waals surface area (Å²) in [6.45, 7) is 1.20. The number of carboxylic acids is 1. The van der Waals surface area contributed by atoms with Gasteiger partial charge in [-0.3, -0.25) is 9.59 Å². The summed E-state index contributed by atoms with van der Waals surface area (Å²) < 4.78 is 5.13. The highest BCUT2D eigenvalue weighted by molar-refractivity contribution is 5.79. The van der Waals surface area contributed by atoms with E-state index < -0.39 is 5.97 Å². The molecule has 1 aromatic carbocycles. The van der Waals surface area contributed by atoms with Crippen LogP contribution in [0.5, 0.6) is 5.75 Å². The van der Waals surface area contributed by atoms with Gasteiger partial charge in [-0.05, 0) is 30.0 Å². The number of hydrogen-bond acceptors (Lipinski definition) is 3. The van der Waals surface area contributed by atoms with Gasteiger partial charge < -0.3 is 14.7 Å². The quantitative estimate of drug-likeness (QED) is 0.887. The van der Waals surface area contributed by atoms with Gasteiger partial charge in [0, 0.05) is 19.5 Å². The number of aliphatic carboxylic acids is 1. The number of hydrogen-bond donors (Lipinski definition) is 1. The zero-order chi connectivity index (χ0) is 14.5. The van der Waals surface area contributed by atoms with Crippen molar-refractivity contribution in [3.63, 3.8) is 0 Å². The lowest BCUT2D eigenvalue weighted by molar-refractivity contribution is -0.138. The van der Waals surface area contributed by atoms with Gasteiger partial charge >= 0.3 is 5.97 Å². The standard InChI is InChI=1S/C15H19NO4/c1-20-13-4-2-3-11(7-13)8-14(17)16-6-5-12(10-16)9-15(18)19/h2-4,7,12H,5-6,8-10H2,1H3,(H,18,19). The van der Waals surface area contributed by atoms with E-state index in [9.17, 15) is 9.59 Å². The van der Waals surface area contributed by atoms with Crippen molar-refractivity contribution >= 4 is 11.9 Å². The third kappa shape index (κ3) is 3.73. The monoisotopic (exact) mass is 277 g/mol. The number of nitrogens with zero attached hydrogens (tertiary/aromatic N) is 1. The molecular formula is C15H19NO4. The van der Waals surface area contributed by atoms with Crippen LogP contribution in [0.1, 0.15) is 18.4 Å². The molecule has 2 rings (SSSR count). The number of benzene rings is 1. The summed E-state index contributed by atoms with van der Waals surface area (Å²) in [7, 11) is 1.60. The molecule has 1 saturated heterocycles. The Morgan fingerprint density at radius 1 is 1.45 bits per heavy atom. The van der Waals surface area contributed by atoms with E-state index in [2.05, 4.69) is 0 Å². The van der Waals surface area contributed by atoms with Crippen molar-refractivity contribution in [2.75, 3.05) is 20.2 Å². The van der Waals surface area contributed by atoms with Crippen LogP contribution in [0.3, 0.4) is 0 Å². The van der Waals surface area contributed by atoms with E-state index in [4.69, 9.17) is 9.84 Å². The van der Waals surface area contributed by atoms with Crippen LogP contribution in [0.25, 0.3) is 0 Å². The molecule has 1 aliphatic heterocycles. The van der Waals surface area contributed by atoms with Crippen LogP contribution < -0.4 is 4.74 Å². The van der Waals surface area contributed by atoms with Crippen LogP contribution in [0.15, 0.2) is 24.3 Å². The summed E-state index contributed by atoms with van der Waals surface area (Å²) in [5.74, 6) is 0.0745. The summed E-state index contributed by atoms with van der Waals surface area (Å²) in [6.07, 6.45) is 1.25. The minimum atomic E-state index is -0.794. The number of carbonyl (C=O) groups excluding carboxylic acids is 1. The minimum Gasteiger partial charge on any atom is -0.497 e. The molecule has 5 heteroatoms. The molecule has 1 fully saturated rings. The number of amides is 1. The molecular weight excluding hydrogens is 258 g/mol. The second-order valence-corrected chi connectivity index (χ2v) is 5.12. The fourth-order valence-corrected chi connectivity index (χ4v) is 2.54. The van der Waals surface area contributed by atoms with Crippen LogP contribution >= 0.6 is 0 Å². The highest BCUT2D eigenvalue weighted by Gasteiger charge is 2.27. The molecule has 1 unspecified atom stereocenters. The summed E-state index contributed by atoms with van der Waals surface area (Å²) in [6, 6.07) is 7.44. The zero-order valence-corrected chi connectivity index (χ0v) is 11.5. The van der Waals surface area contributed by atoms with E-state index in [-0.39, 0.29) is 18.2 Å². The van der Waals surface area contributed by atoms with E-state index in [1.54, 1.807) is 12.0 Å². The molecule has 1 heterocycles. The zero-order valence-electron chi connectivity index (χ0n) is 11.5. The third-order valence-corrected chi connectivity index (χ3v) is 3.59. The molecule has 108 valence electrons. The van der Waals surface area contributed by atoms with Gasteiger partial charge in [0.2, 0.25) is 5.91 Å². The van der Waals surface area contributed by atoms with E-state index in [1.165, 1.54) is 0 Å². The molecule has 0 aliphatic carbocycles. The van der Waals surface area contributed by atoms with Gasteiger partial charge in [0.1, 0.15) is 5.75 Å². The van der Waals surface area contributed by atoms with Gasteiger partial charge in [-0.25, -0.2) is 0 Å². The number of ether oxygens (including phenoxy) is 1. The van der Waals surface area contributed by atoms with E-state index in [1.807, 2.05) is 24.3 Å². The normalized spacial score (nSPS) is 18.1. The number of likely N-dealkylation sites (tertiary alicyclic amines) is 1. The Hall–Kier alpha value is -2.04. The van der Waals surface area contributed by atoms with E-state index >= 15 is 0 Å². The first-order valence-electron chi connectivity index (χ1n) is 6.71. The second kappa shape index (κ2) is 6.41. The lowest BCUT2D eigenvalue weighted by Crippen LogP contribution is -2.30. The summed E-state index contributed by atoms with van der Waals surface area (Å²) in [5.41, 5.74) is 0.913. The summed E-state index contributed by atoms with van der Waals surface area (Å²) >= 11 is 0. The maximum Gasteiger partial charge on any atom is 0.303 e. The first-order chi connectivity index (χ1) is 9.58. The van der Waals surface area contributed by atoms with Crippen molar-refractivity contribution in [3.05, 3.63) is 29.8 Å². The highest BCUT2D eigenvalue weighted by Crippen LogP contribution is 2.21. The van der Waals surface area contributed by atoms with Crippen LogP contribution in [0.4, 0.5) is 0 Å². The Kier molecular flexibility index (Phi) is 4.61. The SMILES string of the molecule is COc1cccc(CC(=O)N2CCC(CC(=O)O)C2)c1. The molecule has 20 heavy (non-hydrogen) atoms. The van der Waals surface area contributed by atoms with E-state index in [0.717, 1.165) is 17.7 Å². The van der Waals surface area contributed by atoms with Crippen LogP contribution in [0, 0.1) is 5.92 Å². The van der Waals surface area contributed by atoms with Gasteiger partial charge in [-0.2, -0.15) is 0 Å². The molecule has 1 atom stereocenters. The number of methoxy groups -OCH3 is 1. The average molecular weight is 277 g/mol. The summed E-state index contributed by atoms with van der Waals surface area (Å²) in [5, 5.41) is 8.77. The molecule has 1 aliphatic rings. The predicted octanol–water partition coefficient (Wildman–Crippen LogP) is 1.56. The molecule has 0 bridgehead atoms. The van der Waals surface area contributed by atoms with Gasteiger partial charge in [-0.15, -0.1) is 0 Å². The fraction of sp³-hybridized carbons (Fsp3) is 0.467. The first-order valence-corrected chi connectivity index (χ1v) is 6.71. The van der Waals surface area contributed by atoms with Crippen LogP contribution in [-0.2, 0) is 16.0 Å². The summed E-state index contributed by atoms with van der Waals surface area (Å²) in [4.78, 5) is 24.6. The van der Waals surface area contributed by atoms with Gasteiger partial charge in [0.05, 0.1) is 13.5 Å². The minimum absolute atomic E-state index is 0.0474. The molecule has 0 saturated carbocycles. The molecule has 0 radical (unpaired) electrons. The van der Waals surface area contributed by atoms with Crippen molar-refractivity contribution in [2.24, 2.45) is 5.92 Å². The molecule has 0 spiro atoms. The molecule has 1 amide bonds. The Morgan fingerprint density at radius 2 is 2.25 bits per heavy atom. The van der Waals surface area contributed by atoms with Gasteiger partial charge in [0.25, 0.3) is 0 Å². The van der Waals surface area contributed by atoms with Crippen molar-refractivity contribution in [3.8, 4) is 5.75 Å². The van der Waals surface area contributed by atoms with Crippen molar-refractivity contribution in [1.82, 2.24) is 4.90 Å². The maximum absolute atomic E-state index is 12.2. The molecule has 5 nitrogen and oxygen atoms in total. The molecule has 0 aromatic heterocycles. The first kappa shape index (κ1) is 14.4. The van der Waals surface area contributed by atoms with Crippen LogP contribution in [-0.4, -0.2) is 42.1 Å². The maximum atomic E-state index is 12.2. The number of carbonyl (C=O) groups is 2. The Balaban J connectivity index is 1.90. The average Bonchev–Trinajstić information content (AvgIpc) is 2.86. The van der Waals surface area contributed by atoms with Crippen molar-refractivity contribution in [2.45, 2.75) is 19.3 Å². The highest BCUT2D eigenvalue weighted by atomic mass is 16.5. The molecule has 1 N–H and O–H groups in total. The largest absolute Gasteiger partial charge is 0.497 e. The topological polar surface area (TPSA) is 66.8 Å².